The van der Waals surface area contributed by atoms with Crippen LogP contribution in [0.4, 0.5) is 0 Å². The zero-order valence-corrected chi connectivity index (χ0v) is 9.70. The highest BCUT2D eigenvalue weighted by molar-refractivity contribution is 5.22. The molecule has 6 atom stereocenters. The predicted octanol–water partition coefficient (Wildman–Crippen LogP) is 3.16. The van der Waals surface area contributed by atoms with E-state index in [1.54, 1.807) is 5.57 Å². The largest absolute Gasteiger partial charge is 0.366 e. The Morgan fingerprint density at radius 1 is 1.40 bits per heavy atom. The van der Waals surface area contributed by atoms with Crippen LogP contribution in [0.2, 0.25) is 0 Å². The van der Waals surface area contributed by atoms with Crippen LogP contribution in [0, 0.1) is 23.7 Å². The van der Waals surface area contributed by atoms with Crippen molar-refractivity contribution in [2.24, 2.45) is 23.7 Å². The number of rotatable bonds is 0. The van der Waals surface area contributed by atoms with Gasteiger partial charge in [-0.1, -0.05) is 11.6 Å². The smallest absolute Gasteiger partial charge is 0.0979 e. The van der Waals surface area contributed by atoms with E-state index in [0.717, 1.165) is 23.7 Å². The van der Waals surface area contributed by atoms with Crippen LogP contribution >= 0.6 is 0 Å². The van der Waals surface area contributed by atoms with Crippen LogP contribution in [0.5, 0.6) is 0 Å². The molecule has 1 saturated heterocycles. The maximum atomic E-state index is 5.96. The SMILES string of the molecule is CC1=CCC2C3CC(C2C1)C1(C3)OC1C. The molecule has 6 unspecified atom stereocenters. The highest BCUT2D eigenvalue weighted by Gasteiger charge is 2.70. The summed E-state index contributed by atoms with van der Waals surface area (Å²) in [6.45, 7) is 4.59. The lowest BCUT2D eigenvalue weighted by atomic mass is 9.67. The van der Waals surface area contributed by atoms with Crippen LogP contribution in [0.25, 0.3) is 0 Å². The summed E-state index contributed by atoms with van der Waals surface area (Å²) < 4.78 is 5.96. The lowest BCUT2D eigenvalue weighted by Crippen LogP contribution is -2.36. The van der Waals surface area contributed by atoms with Gasteiger partial charge >= 0.3 is 0 Å². The van der Waals surface area contributed by atoms with Gasteiger partial charge in [-0.15, -0.1) is 0 Å². The lowest BCUT2D eigenvalue weighted by Gasteiger charge is -2.37. The Bertz CT molecular complexity index is 345. The van der Waals surface area contributed by atoms with Crippen molar-refractivity contribution in [2.75, 3.05) is 0 Å². The Morgan fingerprint density at radius 3 is 2.93 bits per heavy atom. The van der Waals surface area contributed by atoms with E-state index in [4.69, 9.17) is 4.74 Å². The van der Waals surface area contributed by atoms with Crippen molar-refractivity contribution >= 4 is 0 Å². The van der Waals surface area contributed by atoms with Crippen LogP contribution in [0.1, 0.15) is 39.5 Å². The molecule has 82 valence electrons. The zero-order chi connectivity index (χ0) is 10.2. The summed E-state index contributed by atoms with van der Waals surface area (Å²) in [6.07, 6.45) is 8.64. The number of hydrogen-bond donors (Lipinski definition) is 0. The van der Waals surface area contributed by atoms with Crippen molar-refractivity contribution in [1.82, 2.24) is 0 Å². The van der Waals surface area contributed by atoms with Gasteiger partial charge in [-0.25, -0.2) is 0 Å². The molecule has 3 aliphatic carbocycles. The Balaban J connectivity index is 1.68. The summed E-state index contributed by atoms with van der Waals surface area (Å²) in [7, 11) is 0. The Hall–Kier alpha value is -0.300. The van der Waals surface area contributed by atoms with Crippen LogP contribution in [-0.4, -0.2) is 11.7 Å². The molecule has 2 bridgehead atoms. The van der Waals surface area contributed by atoms with Gasteiger partial charge < -0.3 is 4.74 Å². The topological polar surface area (TPSA) is 12.5 Å². The minimum absolute atomic E-state index is 0.365. The monoisotopic (exact) mass is 204 g/mol. The van der Waals surface area contributed by atoms with E-state index in [-0.39, 0.29) is 0 Å². The average Bonchev–Trinajstić information content (AvgIpc) is 2.61. The number of ether oxygens (including phenoxy) is 1. The number of epoxide rings is 1. The molecule has 0 aromatic carbocycles. The maximum Gasteiger partial charge on any atom is 0.0979 e. The summed E-state index contributed by atoms with van der Waals surface area (Å²) in [5, 5.41) is 0. The van der Waals surface area contributed by atoms with E-state index >= 15 is 0 Å². The Morgan fingerprint density at radius 2 is 2.20 bits per heavy atom. The fourth-order valence-corrected chi connectivity index (χ4v) is 5.03. The van der Waals surface area contributed by atoms with Gasteiger partial charge in [0.15, 0.2) is 0 Å². The first-order valence-electron chi connectivity index (χ1n) is 6.54. The molecule has 0 amide bonds. The zero-order valence-electron chi connectivity index (χ0n) is 9.70. The van der Waals surface area contributed by atoms with Crippen LogP contribution in [0.3, 0.4) is 0 Å². The molecule has 1 heteroatoms. The van der Waals surface area contributed by atoms with E-state index in [9.17, 15) is 0 Å². The molecule has 1 heterocycles. The molecule has 4 rings (SSSR count). The molecule has 2 saturated carbocycles. The molecular weight excluding hydrogens is 184 g/mol. The average molecular weight is 204 g/mol. The number of allylic oxidation sites excluding steroid dienone is 2. The van der Waals surface area contributed by atoms with Gasteiger partial charge in [-0.05, 0) is 63.2 Å². The van der Waals surface area contributed by atoms with Crippen molar-refractivity contribution in [3.63, 3.8) is 0 Å². The van der Waals surface area contributed by atoms with Crippen molar-refractivity contribution in [3.8, 4) is 0 Å². The van der Waals surface area contributed by atoms with Gasteiger partial charge in [-0.3, -0.25) is 0 Å². The van der Waals surface area contributed by atoms with E-state index in [1.807, 2.05) is 0 Å². The molecule has 1 spiro atoms. The molecule has 3 fully saturated rings. The first kappa shape index (κ1) is 8.81. The van der Waals surface area contributed by atoms with E-state index < -0.39 is 0 Å². The van der Waals surface area contributed by atoms with Gasteiger partial charge in [0.2, 0.25) is 0 Å². The standard InChI is InChI=1S/C14H20O/c1-8-3-4-11-10-6-13(12(11)5-8)14(7-10)9(2)15-14/h3,9-13H,4-7H2,1-2H3. The first-order chi connectivity index (χ1) is 7.21. The summed E-state index contributed by atoms with van der Waals surface area (Å²) in [6, 6.07) is 0. The molecule has 0 N–H and O–H groups in total. The number of hydrogen-bond acceptors (Lipinski definition) is 1. The molecule has 1 aliphatic heterocycles. The second kappa shape index (κ2) is 2.51. The third-order valence-corrected chi connectivity index (χ3v) is 5.76. The predicted molar refractivity (Wildman–Crippen MR) is 59.5 cm³/mol. The highest BCUT2D eigenvalue weighted by Crippen LogP contribution is 2.68. The molecule has 0 aromatic rings. The molecule has 4 aliphatic rings. The second-order valence-corrected chi connectivity index (χ2v) is 6.34. The summed E-state index contributed by atoms with van der Waals surface area (Å²) in [4.78, 5) is 0. The normalized spacial score (nSPS) is 60.7. The van der Waals surface area contributed by atoms with Crippen LogP contribution in [0.15, 0.2) is 11.6 Å². The second-order valence-electron chi connectivity index (χ2n) is 6.34. The fourth-order valence-electron chi connectivity index (χ4n) is 5.03. The van der Waals surface area contributed by atoms with Crippen LogP contribution in [-0.2, 0) is 4.74 Å². The molecule has 1 nitrogen and oxygen atoms in total. The quantitative estimate of drug-likeness (QED) is 0.436. The summed E-state index contributed by atoms with van der Waals surface area (Å²) in [5.41, 5.74) is 2.00. The fraction of sp³-hybridized carbons (Fsp3) is 0.857. The van der Waals surface area contributed by atoms with Crippen molar-refractivity contribution < 1.29 is 4.74 Å². The molecular formula is C14H20O. The number of fused-ring (bicyclic) bond motifs is 6. The van der Waals surface area contributed by atoms with Crippen molar-refractivity contribution in [2.45, 2.75) is 51.2 Å². The first-order valence-corrected chi connectivity index (χ1v) is 6.54. The third kappa shape index (κ3) is 0.939. The van der Waals surface area contributed by atoms with Crippen LogP contribution < -0.4 is 0 Å². The van der Waals surface area contributed by atoms with Gasteiger partial charge in [0.05, 0.1) is 11.7 Å². The highest BCUT2D eigenvalue weighted by atomic mass is 16.6. The third-order valence-electron chi connectivity index (χ3n) is 5.76. The van der Waals surface area contributed by atoms with Gasteiger partial charge in [0.1, 0.15) is 0 Å². The van der Waals surface area contributed by atoms with Crippen molar-refractivity contribution in [1.29, 1.82) is 0 Å². The van der Waals surface area contributed by atoms with E-state index in [0.29, 0.717) is 11.7 Å². The minimum Gasteiger partial charge on any atom is -0.366 e. The summed E-state index contributed by atoms with van der Waals surface area (Å²) >= 11 is 0. The molecule has 0 aromatic heterocycles. The molecule has 0 radical (unpaired) electrons. The van der Waals surface area contributed by atoms with Gasteiger partial charge in [0, 0.05) is 0 Å². The van der Waals surface area contributed by atoms with Crippen molar-refractivity contribution in [3.05, 3.63) is 11.6 Å². The Kier molecular flexibility index (Phi) is 1.47. The Labute approximate surface area is 91.9 Å². The van der Waals surface area contributed by atoms with E-state index in [1.165, 1.54) is 25.7 Å². The molecule has 15 heavy (non-hydrogen) atoms. The lowest BCUT2D eigenvalue weighted by molar-refractivity contribution is 0.114. The van der Waals surface area contributed by atoms with Gasteiger partial charge in [0.25, 0.3) is 0 Å². The minimum atomic E-state index is 0.365. The maximum absolute atomic E-state index is 5.96. The summed E-state index contributed by atoms with van der Waals surface area (Å²) in [5.74, 6) is 3.89. The van der Waals surface area contributed by atoms with Gasteiger partial charge in [-0.2, -0.15) is 0 Å². The van der Waals surface area contributed by atoms with E-state index in [2.05, 4.69) is 19.9 Å².